The van der Waals surface area contributed by atoms with Crippen LogP contribution in [0, 0.1) is 13.8 Å². The summed E-state index contributed by atoms with van der Waals surface area (Å²) in [6.07, 6.45) is 5.72. The van der Waals surface area contributed by atoms with Crippen molar-refractivity contribution < 1.29 is 8.42 Å². The van der Waals surface area contributed by atoms with Crippen molar-refractivity contribution in [2.45, 2.75) is 61.8 Å². The van der Waals surface area contributed by atoms with Crippen LogP contribution in [-0.4, -0.2) is 13.7 Å². The van der Waals surface area contributed by atoms with Crippen molar-refractivity contribution >= 4 is 21.2 Å². The Morgan fingerprint density at radius 1 is 0.931 bits per heavy atom. The van der Waals surface area contributed by atoms with Crippen molar-refractivity contribution in [1.29, 1.82) is 0 Å². The Hall–Kier alpha value is -1.91. The van der Waals surface area contributed by atoms with E-state index in [-0.39, 0.29) is 5.25 Å². The van der Waals surface area contributed by atoms with E-state index in [1.165, 1.54) is 33.6 Å². The van der Waals surface area contributed by atoms with Gasteiger partial charge in [0.15, 0.2) is 9.84 Å². The zero-order valence-electron chi connectivity index (χ0n) is 17.1. The van der Waals surface area contributed by atoms with Crippen LogP contribution in [0.1, 0.15) is 54.4 Å². The van der Waals surface area contributed by atoms with E-state index < -0.39 is 9.84 Å². The summed E-state index contributed by atoms with van der Waals surface area (Å²) in [5.41, 5.74) is 6.35. The molecular weight excluding hydrogens is 396 g/mol. The number of sulfone groups is 1. The molecule has 0 atom stereocenters. The summed E-state index contributed by atoms with van der Waals surface area (Å²) in [7, 11) is -3.20. The standard InChI is InChI=1S/C25H28O2S2/c1-18-8-6-10-21(19(18)2)16-20-9-7-11-22(17-20)24-14-15-25(28-24)29(26,27)23-12-4-3-5-13-23/h6-11,14-15,17,23H,3-5,12-13,16H2,1-2H3. The second kappa shape index (κ2) is 8.45. The van der Waals surface area contributed by atoms with Crippen molar-refractivity contribution in [2.24, 2.45) is 0 Å². The van der Waals surface area contributed by atoms with Gasteiger partial charge in [0.05, 0.1) is 5.25 Å². The maximum atomic E-state index is 13.0. The largest absolute Gasteiger partial charge is 0.223 e. The van der Waals surface area contributed by atoms with Gasteiger partial charge < -0.3 is 0 Å². The van der Waals surface area contributed by atoms with Gasteiger partial charge in [-0.3, -0.25) is 0 Å². The molecule has 1 heterocycles. The Balaban J connectivity index is 1.58. The molecule has 0 N–H and O–H groups in total. The fourth-order valence-corrected chi connectivity index (χ4v) is 7.64. The lowest BCUT2D eigenvalue weighted by Crippen LogP contribution is -2.23. The summed E-state index contributed by atoms with van der Waals surface area (Å²) < 4.78 is 26.6. The molecule has 0 saturated heterocycles. The first kappa shape index (κ1) is 20.4. The molecule has 0 bridgehead atoms. The van der Waals surface area contributed by atoms with E-state index in [1.54, 1.807) is 6.07 Å². The summed E-state index contributed by atoms with van der Waals surface area (Å²) in [5.74, 6) is 0. The number of hydrogen-bond acceptors (Lipinski definition) is 3. The molecule has 1 aliphatic carbocycles. The van der Waals surface area contributed by atoms with Crippen molar-refractivity contribution in [3.05, 3.63) is 76.9 Å². The van der Waals surface area contributed by atoms with Crippen molar-refractivity contribution in [1.82, 2.24) is 0 Å². The summed E-state index contributed by atoms with van der Waals surface area (Å²) in [4.78, 5) is 1.03. The number of aryl methyl sites for hydroxylation is 1. The molecule has 1 saturated carbocycles. The zero-order chi connectivity index (χ0) is 20.4. The average molecular weight is 425 g/mol. The highest BCUT2D eigenvalue weighted by atomic mass is 32.2. The van der Waals surface area contributed by atoms with Crippen LogP contribution >= 0.6 is 11.3 Å². The lowest BCUT2D eigenvalue weighted by Gasteiger charge is -2.20. The van der Waals surface area contributed by atoms with Gasteiger partial charge in [-0.2, -0.15) is 0 Å². The van der Waals surface area contributed by atoms with Gasteiger partial charge in [-0.05, 0) is 73.1 Å². The molecule has 0 aliphatic heterocycles. The Kier molecular flexibility index (Phi) is 5.93. The average Bonchev–Trinajstić information content (AvgIpc) is 3.24. The molecule has 2 aromatic carbocycles. The van der Waals surface area contributed by atoms with Crippen LogP contribution in [0.4, 0.5) is 0 Å². The minimum Gasteiger partial charge on any atom is -0.223 e. The molecule has 4 heteroatoms. The van der Waals surface area contributed by atoms with E-state index in [9.17, 15) is 8.42 Å². The third-order valence-corrected chi connectivity index (χ3v) is 10.1. The molecule has 4 rings (SSSR count). The SMILES string of the molecule is Cc1cccc(Cc2cccc(-c3ccc(S(=O)(=O)C4CCCCC4)s3)c2)c1C. The molecule has 0 amide bonds. The minimum absolute atomic E-state index is 0.196. The first-order chi connectivity index (χ1) is 13.9. The molecule has 1 aliphatic rings. The van der Waals surface area contributed by atoms with Gasteiger partial charge in [-0.15, -0.1) is 11.3 Å². The Bertz CT molecular complexity index is 1100. The maximum absolute atomic E-state index is 13.0. The van der Waals surface area contributed by atoms with E-state index in [2.05, 4.69) is 56.3 Å². The van der Waals surface area contributed by atoms with Gasteiger partial charge in [0, 0.05) is 4.88 Å². The summed E-state index contributed by atoms with van der Waals surface area (Å²) >= 11 is 1.42. The molecule has 152 valence electrons. The summed E-state index contributed by atoms with van der Waals surface area (Å²) in [5, 5.41) is -0.196. The third kappa shape index (κ3) is 4.34. The van der Waals surface area contributed by atoms with Crippen LogP contribution in [0.5, 0.6) is 0 Å². The van der Waals surface area contributed by atoms with Crippen molar-refractivity contribution in [3.63, 3.8) is 0 Å². The smallest absolute Gasteiger partial charge is 0.190 e. The van der Waals surface area contributed by atoms with Crippen LogP contribution < -0.4 is 0 Å². The first-order valence-electron chi connectivity index (χ1n) is 10.4. The third-order valence-electron chi connectivity index (χ3n) is 6.18. The molecule has 2 nitrogen and oxygen atoms in total. The van der Waals surface area contributed by atoms with Gasteiger partial charge in [0.2, 0.25) is 0 Å². The lowest BCUT2D eigenvalue weighted by atomic mass is 9.96. The van der Waals surface area contributed by atoms with E-state index >= 15 is 0 Å². The van der Waals surface area contributed by atoms with Gasteiger partial charge >= 0.3 is 0 Å². The van der Waals surface area contributed by atoms with E-state index in [1.807, 2.05) is 6.07 Å². The molecular formula is C25H28O2S2. The second-order valence-corrected chi connectivity index (χ2v) is 11.7. The predicted molar refractivity (Wildman–Crippen MR) is 123 cm³/mol. The highest BCUT2D eigenvalue weighted by Gasteiger charge is 2.30. The van der Waals surface area contributed by atoms with Crippen LogP contribution in [-0.2, 0) is 16.3 Å². The normalized spacial score (nSPS) is 15.5. The number of benzene rings is 2. The van der Waals surface area contributed by atoms with Crippen molar-refractivity contribution in [2.75, 3.05) is 0 Å². The number of rotatable bonds is 5. The quantitative estimate of drug-likeness (QED) is 0.455. The van der Waals surface area contributed by atoms with Gasteiger partial charge in [-0.1, -0.05) is 61.7 Å². The topological polar surface area (TPSA) is 34.1 Å². The Morgan fingerprint density at radius 3 is 2.48 bits per heavy atom. The molecule has 0 radical (unpaired) electrons. The molecule has 0 spiro atoms. The number of thiophene rings is 1. The van der Waals surface area contributed by atoms with Gasteiger partial charge in [0.1, 0.15) is 4.21 Å². The lowest BCUT2D eigenvalue weighted by molar-refractivity contribution is 0.484. The predicted octanol–water partition coefficient (Wildman–Crippen LogP) is 6.73. The van der Waals surface area contributed by atoms with Crippen LogP contribution in [0.15, 0.2) is 58.8 Å². The van der Waals surface area contributed by atoms with Gasteiger partial charge in [0.25, 0.3) is 0 Å². The van der Waals surface area contributed by atoms with Crippen LogP contribution in [0.3, 0.4) is 0 Å². The number of hydrogen-bond donors (Lipinski definition) is 0. The maximum Gasteiger partial charge on any atom is 0.190 e. The highest BCUT2D eigenvalue weighted by Crippen LogP contribution is 2.36. The molecule has 0 unspecified atom stereocenters. The van der Waals surface area contributed by atoms with E-state index in [0.29, 0.717) is 4.21 Å². The van der Waals surface area contributed by atoms with E-state index in [0.717, 1.165) is 49.0 Å². The fourth-order valence-electron chi connectivity index (χ4n) is 4.23. The molecule has 29 heavy (non-hydrogen) atoms. The fraction of sp³-hybridized carbons (Fsp3) is 0.360. The Labute approximate surface area is 178 Å². The first-order valence-corrected chi connectivity index (χ1v) is 12.8. The summed E-state index contributed by atoms with van der Waals surface area (Å²) in [6, 6.07) is 18.7. The summed E-state index contributed by atoms with van der Waals surface area (Å²) in [6.45, 7) is 4.32. The monoisotopic (exact) mass is 424 g/mol. The Morgan fingerprint density at radius 2 is 1.69 bits per heavy atom. The minimum atomic E-state index is -3.20. The highest BCUT2D eigenvalue weighted by molar-refractivity contribution is 7.94. The van der Waals surface area contributed by atoms with Crippen LogP contribution in [0.25, 0.3) is 10.4 Å². The van der Waals surface area contributed by atoms with Gasteiger partial charge in [-0.25, -0.2) is 8.42 Å². The zero-order valence-corrected chi connectivity index (χ0v) is 18.8. The van der Waals surface area contributed by atoms with Crippen molar-refractivity contribution in [3.8, 4) is 10.4 Å². The van der Waals surface area contributed by atoms with Crippen LogP contribution in [0.2, 0.25) is 0 Å². The molecule has 1 aromatic heterocycles. The molecule has 3 aromatic rings. The second-order valence-electron chi connectivity index (χ2n) is 8.16. The molecule has 1 fully saturated rings. The van der Waals surface area contributed by atoms with E-state index in [4.69, 9.17) is 0 Å².